The topological polar surface area (TPSA) is 22.8 Å². The zero-order valence-corrected chi connectivity index (χ0v) is 37.2. The fourth-order valence-electron chi connectivity index (χ4n) is 10.3. The molecule has 3 nitrogen and oxygen atoms in total. The standard InChI is InChI=1S/C65H43N3/c1-2-17-44(18-3-1)45-19-12-22-48(37-45)53-42-60(51-25-13-20-46(38-51)49-23-15-27-54(40-49)67-62-33-8-4-29-56(62)57-30-5-9-34-63(57)67)66-61(43-53)52-26-14-21-47(39-52)50-24-16-28-55(41-50)68-64-35-10-6-31-58(64)59-32-7-11-36-65(59)68/h1-43H. The minimum atomic E-state index is 0.918. The number of hydrogen-bond donors (Lipinski definition) is 0. The van der Waals surface area contributed by atoms with E-state index in [1.165, 1.54) is 54.7 Å². The van der Waals surface area contributed by atoms with Gasteiger partial charge in [0.1, 0.15) is 0 Å². The predicted octanol–water partition coefficient (Wildman–Crippen LogP) is 17.3. The molecule has 0 unspecified atom stereocenters. The van der Waals surface area contributed by atoms with Gasteiger partial charge in [-0.1, -0.05) is 182 Å². The van der Waals surface area contributed by atoms with Gasteiger partial charge < -0.3 is 9.13 Å². The Morgan fingerprint density at radius 1 is 0.206 bits per heavy atom. The molecule has 3 aromatic heterocycles. The van der Waals surface area contributed by atoms with E-state index in [4.69, 9.17) is 4.98 Å². The highest BCUT2D eigenvalue weighted by Gasteiger charge is 2.16. The lowest BCUT2D eigenvalue weighted by Crippen LogP contribution is -1.95. The van der Waals surface area contributed by atoms with Gasteiger partial charge in [0.2, 0.25) is 0 Å². The van der Waals surface area contributed by atoms with E-state index in [0.29, 0.717) is 0 Å². The second kappa shape index (κ2) is 16.4. The molecule has 68 heavy (non-hydrogen) atoms. The van der Waals surface area contributed by atoms with Crippen molar-refractivity contribution in [3.05, 3.63) is 261 Å². The molecule has 0 N–H and O–H groups in total. The van der Waals surface area contributed by atoms with E-state index in [-0.39, 0.29) is 0 Å². The van der Waals surface area contributed by atoms with E-state index >= 15 is 0 Å². The average Bonchev–Trinajstić information content (AvgIpc) is 3.94. The molecule has 0 saturated carbocycles. The van der Waals surface area contributed by atoms with Gasteiger partial charge in [0.05, 0.1) is 33.5 Å². The molecule has 0 spiro atoms. The number of hydrogen-bond acceptors (Lipinski definition) is 1. The first-order valence-electron chi connectivity index (χ1n) is 23.3. The van der Waals surface area contributed by atoms with Crippen molar-refractivity contribution in [2.75, 3.05) is 0 Å². The normalized spacial score (nSPS) is 11.5. The van der Waals surface area contributed by atoms with Crippen LogP contribution in [0.2, 0.25) is 0 Å². The largest absolute Gasteiger partial charge is 0.309 e. The van der Waals surface area contributed by atoms with Gasteiger partial charge in [0.15, 0.2) is 0 Å². The zero-order chi connectivity index (χ0) is 45.0. The molecule has 0 atom stereocenters. The number of aromatic nitrogens is 3. The summed E-state index contributed by atoms with van der Waals surface area (Å²) in [6.45, 7) is 0. The maximum absolute atomic E-state index is 5.49. The van der Waals surface area contributed by atoms with Crippen LogP contribution >= 0.6 is 0 Å². The summed E-state index contributed by atoms with van der Waals surface area (Å²) in [5.41, 5.74) is 20.2. The Labute approximate surface area is 395 Å². The van der Waals surface area contributed by atoms with Crippen LogP contribution in [0.15, 0.2) is 261 Å². The van der Waals surface area contributed by atoms with Crippen molar-refractivity contribution in [1.29, 1.82) is 0 Å². The van der Waals surface area contributed by atoms with Gasteiger partial charge in [-0.25, -0.2) is 4.98 Å². The lowest BCUT2D eigenvalue weighted by atomic mass is 9.95. The molecule has 0 aliphatic carbocycles. The number of para-hydroxylation sites is 4. The number of pyridine rings is 1. The van der Waals surface area contributed by atoms with E-state index in [2.05, 4.69) is 270 Å². The second-order valence-corrected chi connectivity index (χ2v) is 17.6. The van der Waals surface area contributed by atoms with Gasteiger partial charge in [0.25, 0.3) is 0 Å². The van der Waals surface area contributed by atoms with Gasteiger partial charge in [-0.2, -0.15) is 0 Å². The molecule has 0 saturated heterocycles. The molecule has 0 radical (unpaired) electrons. The Hall–Kier alpha value is -9.05. The summed E-state index contributed by atoms with van der Waals surface area (Å²) in [6, 6.07) is 94.2. The second-order valence-electron chi connectivity index (χ2n) is 17.6. The minimum absolute atomic E-state index is 0.918. The average molecular weight is 866 g/mol. The van der Waals surface area contributed by atoms with Gasteiger partial charge in [-0.05, 0) is 123 Å². The van der Waals surface area contributed by atoms with Gasteiger partial charge in [-0.3, -0.25) is 0 Å². The lowest BCUT2D eigenvalue weighted by Gasteiger charge is -2.14. The first-order valence-corrected chi connectivity index (χ1v) is 23.3. The number of nitrogens with zero attached hydrogens (tertiary/aromatic N) is 3. The third kappa shape index (κ3) is 6.88. The predicted molar refractivity (Wildman–Crippen MR) is 286 cm³/mol. The molecule has 0 bridgehead atoms. The molecule has 3 heterocycles. The maximum Gasteiger partial charge on any atom is 0.0715 e. The molecular formula is C65H43N3. The number of fused-ring (bicyclic) bond motifs is 6. The smallest absolute Gasteiger partial charge is 0.0715 e. The highest BCUT2D eigenvalue weighted by Crippen LogP contribution is 2.38. The third-order valence-corrected chi connectivity index (χ3v) is 13.5. The van der Waals surface area contributed by atoms with Crippen LogP contribution in [0.1, 0.15) is 0 Å². The monoisotopic (exact) mass is 865 g/mol. The van der Waals surface area contributed by atoms with E-state index in [1.807, 2.05) is 0 Å². The minimum Gasteiger partial charge on any atom is -0.309 e. The summed E-state index contributed by atoms with van der Waals surface area (Å²) in [5, 5.41) is 5.02. The fraction of sp³-hybridized carbons (Fsp3) is 0. The van der Waals surface area contributed by atoms with E-state index in [1.54, 1.807) is 0 Å². The van der Waals surface area contributed by atoms with Crippen LogP contribution in [0.25, 0.3) is 122 Å². The van der Waals surface area contributed by atoms with Crippen molar-refractivity contribution in [2.45, 2.75) is 0 Å². The fourth-order valence-corrected chi connectivity index (χ4v) is 10.3. The van der Waals surface area contributed by atoms with Crippen molar-refractivity contribution >= 4 is 43.6 Å². The van der Waals surface area contributed by atoms with Gasteiger partial charge in [0, 0.05) is 44.0 Å². The first kappa shape index (κ1) is 39.3. The highest BCUT2D eigenvalue weighted by atomic mass is 15.0. The van der Waals surface area contributed by atoms with Crippen molar-refractivity contribution in [3.8, 4) is 78.4 Å². The molecule has 0 aliphatic rings. The van der Waals surface area contributed by atoms with Crippen LogP contribution < -0.4 is 0 Å². The van der Waals surface area contributed by atoms with Gasteiger partial charge in [-0.15, -0.1) is 0 Å². The lowest BCUT2D eigenvalue weighted by molar-refractivity contribution is 1.18. The summed E-state index contributed by atoms with van der Waals surface area (Å²) >= 11 is 0. The number of benzene rings is 10. The van der Waals surface area contributed by atoms with E-state index in [9.17, 15) is 0 Å². The Balaban J connectivity index is 0.922. The molecule has 0 aliphatic heterocycles. The molecule has 318 valence electrons. The molecule has 0 amide bonds. The third-order valence-electron chi connectivity index (χ3n) is 13.5. The van der Waals surface area contributed by atoms with Gasteiger partial charge >= 0.3 is 0 Å². The summed E-state index contributed by atoms with van der Waals surface area (Å²) in [6.07, 6.45) is 0. The molecule has 3 heteroatoms. The van der Waals surface area contributed by atoms with Crippen molar-refractivity contribution < 1.29 is 0 Å². The van der Waals surface area contributed by atoms with Crippen LogP contribution in [0.3, 0.4) is 0 Å². The summed E-state index contributed by atoms with van der Waals surface area (Å²) < 4.78 is 4.77. The molecule has 10 aromatic carbocycles. The molecule has 13 aromatic rings. The van der Waals surface area contributed by atoms with E-state index in [0.717, 1.165) is 67.3 Å². The molecule has 0 fully saturated rings. The summed E-state index contributed by atoms with van der Waals surface area (Å²) in [7, 11) is 0. The van der Waals surface area contributed by atoms with Crippen LogP contribution in [0.5, 0.6) is 0 Å². The Morgan fingerprint density at radius 2 is 0.500 bits per heavy atom. The molecular weight excluding hydrogens is 823 g/mol. The first-order chi connectivity index (χ1) is 33.7. The van der Waals surface area contributed by atoms with Crippen LogP contribution in [-0.4, -0.2) is 14.1 Å². The number of rotatable bonds is 8. The van der Waals surface area contributed by atoms with Crippen molar-refractivity contribution in [1.82, 2.24) is 14.1 Å². The van der Waals surface area contributed by atoms with Crippen LogP contribution in [0, 0.1) is 0 Å². The summed E-state index contributed by atoms with van der Waals surface area (Å²) in [4.78, 5) is 5.49. The molecule has 13 rings (SSSR count). The Bertz CT molecular complexity index is 3710. The van der Waals surface area contributed by atoms with E-state index < -0.39 is 0 Å². The van der Waals surface area contributed by atoms with Crippen molar-refractivity contribution in [3.63, 3.8) is 0 Å². The zero-order valence-electron chi connectivity index (χ0n) is 37.2. The summed E-state index contributed by atoms with van der Waals surface area (Å²) in [5.74, 6) is 0. The SMILES string of the molecule is c1ccc(-c2cccc(-c3cc(-c4cccc(-c5cccc(-n6c7ccccc7c7ccccc76)c5)c4)nc(-c4cccc(-c5cccc(-n6c7ccccc7c7ccccc76)c5)c4)c3)c2)cc1. The van der Waals surface area contributed by atoms with Crippen molar-refractivity contribution in [2.24, 2.45) is 0 Å². The quantitative estimate of drug-likeness (QED) is 0.149. The van der Waals surface area contributed by atoms with Crippen LogP contribution in [0.4, 0.5) is 0 Å². The highest BCUT2D eigenvalue weighted by molar-refractivity contribution is 6.10. The maximum atomic E-state index is 5.49. The Morgan fingerprint density at radius 3 is 0.926 bits per heavy atom. The van der Waals surface area contributed by atoms with Crippen LogP contribution in [-0.2, 0) is 0 Å². The Kier molecular flexibility index (Phi) is 9.50.